The molecule has 0 spiro atoms. The summed E-state index contributed by atoms with van der Waals surface area (Å²) in [6, 6.07) is 24.7. The molecule has 0 bridgehead atoms. The summed E-state index contributed by atoms with van der Waals surface area (Å²) in [6.45, 7) is 2.10. The molecule has 0 N–H and O–H groups in total. The molecule has 6 heterocycles. The molecule has 6 aliphatic rings. The maximum absolute atomic E-state index is 6.97. The van der Waals surface area contributed by atoms with Gasteiger partial charge in [-0.05, 0) is 108 Å². The highest BCUT2D eigenvalue weighted by molar-refractivity contribution is 5.47. The number of rotatable bonds is 10. The molecule has 51 heavy (non-hydrogen) atoms. The molecular formula is C40H38O11. The van der Waals surface area contributed by atoms with Gasteiger partial charge in [-0.1, -0.05) is 24.3 Å². The van der Waals surface area contributed by atoms with Crippen LogP contribution in [0.15, 0.2) is 72.8 Å². The Kier molecular flexibility index (Phi) is 7.91. The fourth-order valence-corrected chi connectivity index (χ4v) is 8.16. The molecular weight excluding hydrogens is 656 g/mol. The highest BCUT2D eigenvalue weighted by atomic mass is 16.8. The molecule has 0 radical (unpaired) electrons. The normalized spacial score (nSPS) is 26.3. The van der Waals surface area contributed by atoms with E-state index in [-0.39, 0.29) is 50.8 Å². The van der Waals surface area contributed by atoms with Crippen molar-refractivity contribution in [3.63, 3.8) is 0 Å². The Hall–Kier alpha value is -4.84. The van der Waals surface area contributed by atoms with Gasteiger partial charge in [0.1, 0.15) is 0 Å². The van der Waals surface area contributed by atoms with Crippen LogP contribution in [-0.4, -0.2) is 53.0 Å². The van der Waals surface area contributed by atoms with Crippen LogP contribution >= 0.6 is 0 Å². The number of hydrogen-bond acceptors (Lipinski definition) is 11. The van der Waals surface area contributed by atoms with Gasteiger partial charge < -0.3 is 52.1 Å². The quantitative estimate of drug-likeness (QED) is 0.194. The van der Waals surface area contributed by atoms with Crippen molar-refractivity contribution < 1.29 is 52.1 Å². The largest absolute Gasteiger partial charge is 0.454 e. The van der Waals surface area contributed by atoms with Crippen LogP contribution < -0.4 is 37.9 Å². The third kappa shape index (κ3) is 6.13. The van der Waals surface area contributed by atoms with E-state index in [1.54, 1.807) is 0 Å². The van der Waals surface area contributed by atoms with E-state index in [2.05, 4.69) is 48.5 Å². The molecule has 2 fully saturated rings. The lowest BCUT2D eigenvalue weighted by Crippen LogP contribution is -2.34. The Morgan fingerprint density at radius 3 is 1.06 bits per heavy atom. The highest BCUT2D eigenvalue weighted by Gasteiger charge is 2.45. The maximum atomic E-state index is 6.97. The third-order valence-electron chi connectivity index (χ3n) is 10.8. The molecule has 4 aromatic carbocycles. The van der Waals surface area contributed by atoms with Gasteiger partial charge in [-0.15, -0.1) is 0 Å². The van der Waals surface area contributed by atoms with E-state index in [1.807, 2.05) is 24.3 Å². The molecule has 0 aromatic heterocycles. The smallest absolute Gasteiger partial charge is 0.231 e. The van der Waals surface area contributed by atoms with E-state index in [4.69, 9.17) is 52.1 Å². The summed E-state index contributed by atoms with van der Waals surface area (Å²) >= 11 is 0. The maximum Gasteiger partial charge on any atom is 0.231 e. The second-order valence-corrected chi connectivity index (χ2v) is 14.0. The summed E-state index contributed by atoms with van der Waals surface area (Å²) in [5.74, 6) is 6.70. The number of hydrogen-bond donors (Lipinski definition) is 0. The average molecular weight is 695 g/mol. The molecule has 2 saturated heterocycles. The minimum absolute atomic E-state index is 0.0542. The molecule has 0 saturated carbocycles. The first-order valence-corrected chi connectivity index (χ1v) is 17.6. The van der Waals surface area contributed by atoms with E-state index in [9.17, 15) is 0 Å². The van der Waals surface area contributed by atoms with Crippen molar-refractivity contribution in [1.82, 2.24) is 0 Å². The van der Waals surface area contributed by atoms with Crippen LogP contribution in [-0.2, 0) is 39.9 Å². The topological polar surface area (TPSA) is 102 Å². The number of ether oxygens (including phenoxy) is 11. The Morgan fingerprint density at radius 1 is 0.392 bits per heavy atom. The monoisotopic (exact) mass is 694 g/mol. The van der Waals surface area contributed by atoms with Gasteiger partial charge >= 0.3 is 0 Å². The first-order valence-electron chi connectivity index (χ1n) is 17.6. The number of fused-ring (bicyclic) bond motifs is 4. The van der Waals surface area contributed by atoms with Crippen molar-refractivity contribution >= 4 is 0 Å². The van der Waals surface area contributed by atoms with Crippen molar-refractivity contribution in [3.05, 3.63) is 95.1 Å². The van der Waals surface area contributed by atoms with Gasteiger partial charge in [0.25, 0.3) is 0 Å². The van der Waals surface area contributed by atoms with Gasteiger partial charge in [-0.2, -0.15) is 0 Å². The summed E-state index contributed by atoms with van der Waals surface area (Å²) < 4.78 is 65.2. The van der Waals surface area contributed by atoms with Crippen LogP contribution in [0.25, 0.3) is 0 Å². The molecule has 11 nitrogen and oxygen atoms in total. The van der Waals surface area contributed by atoms with E-state index in [0.717, 1.165) is 82.8 Å². The second-order valence-electron chi connectivity index (χ2n) is 14.0. The zero-order valence-corrected chi connectivity index (χ0v) is 28.0. The fourth-order valence-electron chi connectivity index (χ4n) is 8.16. The summed E-state index contributed by atoms with van der Waals surface area (Å²) in [7, 11) is 0. The van der Waals surface area contributed by atoms with E-state index < -0.39 is 12.6 Å². The molecule has 6 atom stereocenters. The summed E-state index contributed by atoms with van der Waals surface area (Å²) in [6.07, 6.45) is 2.17. The predicted molar refractivity (Wildman–Crippen MR) is 180 cm³/mol. The minimum atomic E-state index is -0.469. The van der Waals surface area contributed by atoms with Crippen LogP contribution in [0.2, 0.25) is 0 Å². The van der Waals surface area contributed by atoms with Crippen molar-refractivity contribution in [2.24, 2.45) is 23.7 Å². The van der Waals surface area contributed by atoms with Crippen LogP contribution in [0, 0.1) is 23.7 Å². The fraction of sp³-hybridized carbons (Fsp3) is 0.400. The van der Waals surface area contributed by atoms with Crippen molar-refractivity contribution in [2.45, 2.75) is 38.3 Å². The van der Waals surface area contributed by atoms with Gasteiger partial charge in [-0.25, -0.2) is 0 Å². The molecule has 0 unspecified atom stereocenters. The van der Waals surface area contributed by atoms with Crippen LogP contribution in [0.4, 0.5) is 0 Å². The van der Waals surface area contributed by atoms with Crippen LogP contribution in [0.3, 0.4) is 0 Å². The SMILES string of the molecule is c1cc2c(cc1C[C@H]1CO[C@@H](O[C@@H]3OC[C@H](Cc4ccc5c(c4)OCO5)[C@H]3Cc3ccc4c(c3)OCO4)[C@@H]1Cc1ccc3c(c1)OCO3)OCO2. The first kappa shape index (κ1) is 30.9. The standard InChI is InChI=1S/C40H38O11/c1-5-31-35(47-19-43-31)13-23(1)9-27-17-41-39(29(27)11-25-3-7-33-37(15-25)49-21-45-33)51-40-30(12-26-4-8-34-38(16-26)50-22-46-34)28(18-42-40)10-24-2-6-32-36(14-24)48-20-44-32/h1-8,13-16,27-30,39-40H,9-12,17-22H2/t27-,28-,29+,30+,39-,40-/m0/s1. The lowest BCUT2D eigenvalue weighted by Gasteiger charge is -2.29. The van der Waals surface area contributed by atoms with Crippen LogP contribution in [0.5, 0.6) is 46.0 Å². The summed E-state index contributed by atoms with van der Waals surface area (Å²) in [4.78, 5) is 0. The predicted octanol–water partition coefficient (Wildman–Crippen LogP) is 6.07. The molecule has 6 aliphatic heterocycles. The highest BCUT2D eigenvalue weighted by Crippen LogP contribution is 2.43. The molecule has 264 valence electrons. The van der Waals surface area contributed by atoms with Crippen LogP contribution in [0.1, 0.15) is 22.3 Å². The second kappa shape index (κ2) is 13.0. The Bertz CT molecular complexity index is 1790. The molecule has 11 heteroatoms. The van der Waals surface area contributed by atoms with E-state index in [0.29, 0.717) is 13.2 Å². The Morgan fingerprint density at radius 2 is 0.706 bits per heavy atom. The lowest BCUT2D eigenvalue weighted by atomic mass is 9.83. The van der Waals surface area contributed by atoms with Gasteiger partial charge in [0.15, 0.2) is 58.6 Å². The first-order chi connectivity index (χ1) is 25.2. The lowest BCUT2D eigenvalue weighted by molar-refractivity contribution is -0.238. The number of benzene rings is 4. The van der Waals surface area contributed by atoms with E-state index in [1.165, 1.54) is 11.1 Å². The minimum Gasteiger partial charge on any atom is -0.454 e. The third-order valence-corrected chi connectivity index (χ3v) is 10.8. The molecule has 10 rings (SSSR count). The zero-order valence-electron chi connectivity index (χ0n) is 28.0. The van der Waals surface area contributed by atoms with Crippen molar-refractivity contribution in [3.8, 4) is 46.0 Å². The van der Waals surface area contributed by atoms with Crippen molar-refractivity contribution in [2.75, 3.05) is 40.4 Å². The van der Waals surface area contributed by atoms with Gasteiger partial charge in [-0.3, -0.25) is 0 Å². The zero-order chi connectivity index (χ0) is 33.7. The molecule has 0 aliphatic carbocycles. The Labute approximate surface area is 295 Å². The summed E-state index contributed by atoms with van der Waals surface area (Å²) in [5.41, 5.74) is 4.63. The summed E-state index contributed by atoms with van der Waals surface area (Å²) in [5, 5.41) is 0. The van der Waals surface area contributed by atoms with Gasteiger partial charge in [0, 0.05) is 11.8 Å². The Balaban J connectivity index is 0.919. The van der Waals surface area contributed by atoms with Gasteiger partial charge in [0.2, 0.25) is 27.2 Å². The average Bonchev–Trinajstić information content (AvgIpc) is 4.01. The molecule has 4 aromatic rings. The van der Waals surface area contributed by atoms with E-state index >= 15 is 0 Å². The van der Waals surface area contributed by atoms with Crippen molar-refractivity contribution in [1.29, 1.82) is 0 Å². The van der Waals surface area contributed by atoms with Gasteiger partial charge in [0.05, 0.1) is 13.2 Å². The molecule has 0 amide bonds.